The van der Waals surface area contributed by atoms with Gasteiger partial charge in [-0.25, -0.2) is 0 Å². The lowest BCUT2D eigenvalue weighted by atomic mass is 10.2. The van der Waals surface area contributed by atoms with Gasteiger partial charge in [0.25, 0.3) is 0 Å². The average Bonchev–Trinajstić information content (AvgIpc) is 3.19. The van der Waals surface area contributed by atoms with Crippen LogP contribution < -0.4 is 5.11 Å². The van der Waals surface area contributed by atoms with Crippen LogP contribution in [0, 0.1) is 0 Å². The lowest BCUT2D eigenvalue weighted by Crippen LogP contribution is -2.16. The highest BCUT2D eigenvalue weighted by Crippen LogP contribution is 2.22. The molecule has 0 radical (unpaired) electrons. The van der Waals surface area contributed by atoms with E-state index >= 15 is 0 Å². The number of thiophene rings is 1. The third-order valence-electron chi connectivity index (χ3n) is 2.90. The van der Waals surface area contributed by atoms with E-state index < -0.39 is 0 Å². The van der Waals surface area contributed by atoms with Crippen molar-refractivity contribution in [2.75, 3.05) is 0 Å². The molecule has 1 aromatic carbocycles. The summed E-state index contributed by atoms with van der Waals surface area (Å²) in [5, 5.41) is 25.9. The van der Waals surface area contributed by atoms with E-state index in [1.165, 1.54) is 16.2 Å². The van der Waals surface area contributed by atoms with Crippen LogP contribution in [0.15, 0.2) is 41.4 Å². The van der Waals surface area contributed by atoms with Gasteiger partial charge in [-0.15, -0.1) is 21.5 Å². The van der Waals surface area contributed by atoms with E-state index in [0.29, 0.717) is 16.4 Å². The molecule has 106 valence electrons. The second kappa shape index (κ2) is 5.84. The van der Waals surface area contributed by atoms with Crippen LogP contribution in [0.5, 0.6) is 0 Å². The average molecular weight is 298 g/mol. The maximum Gasteiger partial charge on any atom is 0.204 e. The van der Waals surface area contributed by atoms with Crippen LogP contribution in [0.3, 0.4) is 0 Å². The quantitative estimate of drug-likeness (QED) is 0.588. The van der Waals surface area contributed by atoms with Crippen LogP contribution in [-0.4, -0.2) is 26.5 Å². The molecule has 0 atom stereocenters. The normalized spacial score (nSPS) is 11.8. The molecular weight excluding hydrogens is 286 g/mol. The van der Waals surface area contributed by atoms with Gasteiger partial charge in [0.15, 0.2) is 0 Å². The number of H-pyrrole nitrogens is 1. The van der Waals surface area contributed by atoms with Gasteiger partial charge < -0.3 is 5.11 Å². The van der Waals surface area contributed by atoms with Crippen LogP contribution in [0.25, 0.3) is 11.4 Å². The van der Waals surface area contributed by atoms with Gasteiger partial charge in [-0.1, -0.05) is 19.1 Å². The fourth-order valence-corrected chi connectivity index (χ4v) is 2.69. The van der Waals surface area contributed by atoms with Crippen molar-refractivity contribution in [2.45, 2.75) is 13.3 Å². The van der Waals surface area contributed by atoms with Gasteiger partial charge in [-0.2, -0.15) is 5.21 Å². The summed E-state index contributed by atoms with van der Waals surface area (Å²) in [7, 11) is 0. The van der Waals surface area contributed by atoms with Crippen molar-refractivity contribution in [3.05, 3.63) is 46.2 Å². The Morgan fingerprint density at radius 1 is 1.33 bits per heavy atom. The number of aryl methyl sites for hydroxylation is 1. The lowest BCUT2D eigenvalue weighted by Gasteiger charge is -2.08. The molecule has 0 amide bonds. The minimum Gasteiger partial charge on any atom is -0.858 e. The van der Waals surface area contributed by atoms with Crippen molar-refractivity contribution < 1.29 is 5.11 Å². The highest BCUT2D eigenvalue weighted by molar-refractivity contribution is 7.13. The number of hydrogen-bond donors (Lipinski definition) is 1. The predicted octanol–water partition coefficient (Wildman–Crippen LogP) is 1.93. The van der Waals surface area contributed by atoms with Gasteiger partial charge in [0, 0.05) is 21.2 Å². The molecule has 0 saturated heterocycles. The Balaban J connectivity index is 1.90. The summed E-state index contributed by atoms with van der Waals surface area (Å²) in [6, 6.07) is 11.0. The lowest BCUT2D eigenvalue weighted by molar-refractivity contribution is -0.212. The number of benzene rings is 1. The Kier molecular flexibility index (Phi) is 3.74. The van der Waals surface area contributed by atoms with Crippen molar-refractivity contribution in [1.29, 1.82) is 0 Å². The molecular formula is C14H12N5OS-. The van der Waals surface area contributed by atoms with Gasteiger partial charge in [0.1, 0.15) is 0 Å². The zero-order valence-electron chi connectivity index (χ0n) is 11.3. The molecule has 0 fully saturated rings. The van der Waals surface area contributed by atoms with Crippen LogP contribution >= 0.6 is 11.3 Å². The largest absolute Gasteiger partial charge is 0.858 e. The summed E-state index contributed by atoms with van der Waals surface area (Å²) in [5.41, 5.74) is 1.34. The Hall–Kier alpha value is -2.54. The molecule has 0 spiro atoms. The van der Waals surface area contributed by atoms with E-state index in [1.807, 2.05) is 24.3 Å². The minimum absolute atomic E-state index is 0.232. The van der Waals surface area contributed by atoms with Gasteiger partial charge >= 0.3 is 0 Å². The molecule has 2 heterocycles. The summed E-state index contributed by atoms with van der Waals surface area (Å²) in [6.07, 6.45) is 0.922. The molecule has 0 saturated carbocycles. The first-order valence-electron chi connectivity index (χ1n) is 6.45. The minimum atomic E-state index is -0.232. The topological polar surface area (TPSA) is 89.9 Å². The molecule has 3 rings (SSSR count). The maximum atomic E-state index is 12.1. The highest BCUT2D eigenvalue weighted by Gasteiger charge is 2.03. The number of aromatic nitrogens is 4. The van der Waals surface area contributed by atoms with E-state index in [4.69, 9.17) is 0 Å². The van der Waals surface area contributed by atoms with E-state index in [0.717, 1.165) is 12.0 Å². The predicted molar refractivity (Wildman–Crippen MR) is 79.5 cm³/mol. The van der Waals surface area contributed by atoms with Crippen LogP contribution in [0.2, 0.25) is 0 Å². The van der Waals surface area contributed by atoms with Crippen LogP contribution in [0.1, 0.15) is 16.7 Å². The van der Waals surface area contributed by atoms with E-state index in [9.17, 15) is 5.11 Å². The first-order chi connectivity index (χ1) is 10.3. The van der Waals surface area contributed by atoms with Crippen LogP contribution in [0.4, 0.5) is 5.69 Å². The number of nitrogens with one attached hydrogen (secondary N) is 1. The van der Waals surface area contributed by atoms with Crippen molar-refractivity contribution in [2.24, 2.45) is 4.99 Å². The Morgan fingerprint density at radius 3 is 2.95 bits per heavy atom. The second-order valence-corrected chi connectivity index (χ2v) is 5.49. The van der Waals surface area contributed by atoms with Crippen LogP contribution in [-0.2, 0) is 6.42 Å². The van der Waals surface area contributed by atoms with Crippen molar-refractivity contribution >= 4 is 22.9 Å². The van der Waals surface area contributed by atoms with Gasteiger partial charge in [0.05, 0.1) is 5.69 Å². The number of aliphatic imine (C=N–C) groups is 1. The summed E-state index contributed by atoms with van der Waals surface area (Å²) in [6.45, 7) is 2.06. The van der Waals surface area contributed by atoms with E-state index in [2.05, 4.69) is 32.5 Å². The summed E-state index contributed by atoms with van der Waals surface area (Å²) >= 11 is 1.48. The number of nitrogens with zero attached hydrogens (tertiary/aromatic N) is 4. The fourth-order valence-electron chi connectivity index (χ4n) is 1.85. The number of rotatable bonds is 4. The molecule has 0 aliphatic heterocycles. The van der Waals surface area contributed by atoms with Crippen molar-refractivity contribution in [3.63, 3.8) is 0 Å². The van der Waals surface area contributed by atoms with Gasteiger partial charge in [-0.3, -0.25) is 4.99 Å². The monoisotopic (exact) mass is 298 g/mol. The molecule has 0 aliphatic carbocycles. The first-order valence-corrected chi connectivity index (χ1v) is 7.26. The molecule has 1 N–H and O–H groups in total. The highest BCUT2D eigenvalue weighted by atomic mass is 32.1. The Labute approximate surface area is 125 Å². The molecule has 7 heteroatoms. The van der Waals surface area contributed by atoms with Gasteiger partial charge in [0.2, 0.25) is 5.82 Å². The Morgan fingerprint density at radius 2 is 2.24 bits per heavy atom. The van der Waals surface area contributed by atoms with E-state index in [1.54, 1.807) is 12.1 Å². The zero-order valence-corrected chi connectivity index (χ0v) is 12.1. The fraction of sp³-hybridized carbons (Fsp3) is 0.143. The third kappa shape index (κ3) is 2.97. The SMILES string of the molecule is CCc1ccc(C([O-])=Nc2cccc(-c3nn[nH]n3)c2)s1. The summed E-state index contributed by atoms with van der Waals surface area (Å²) < 4.78 is 0. The standard InChI is InChI=1S/C14H13N5OS/c1-2-11-6-7-12(21-11)14(20)15-10-5-3-4-9(8-10)13-16-18-19-17-13/h3-8H,2H2,1H3,(H,15,20)(H,16,17,18,19)/p-1. The van der Waals surface area contributed by atoms with Crippen molar-refractivity contribution in [3.8, 4) is 11.4 Å². The molecule has 0 unspecified atom stereocenters. The number of hydrogen-bond acceptors (Lipinski definition) is 6. The molecule has 3 aromatic rings. The third-order valence-corrected chi connectivity index (χ3v) is 4.12. The first kappa shape index (κ1) is 13.4. The maximum absolute atomic E-state index is 12.1. The van der Waals surface area contributed by atoms with Crippen molar-refractivity contribution in [1.82, 2.24) is 20.6 Å². The second-order valence-electron chi connectivity index (χ2n) is 4.32. The molecule has 0 aliphatic rings. The summed E-state index contributed by atoms with van der Waals surface area (Å²) in [5.74, 6) is 0.244. The summed E-state index contributed by atoms with van der Waals surface area (Å²) in [4.78, 5) is 5.96. The molecule has 6 nitrogen and oxygen atoms in total. The number of aromatic amines is 1. The molecule has 2 aromatic heterocycles. The zero-order chi connectivity index (χ0) is 14.7. The molecule has 0 bridgehead atoms. The number of tetrazole rings is 1. The van der Waals surface area contributed by atoms with Gasteiger partial charge in [-0.05, 0) is 35.9 Å². The molecule has 21 heavy (non-hydrogen) atoms. The van der Waals surface area contributed by atoms with E-state index in [-0.39, 0.29) is 5.90 Å². The Bertz CT molecular complexity index is 763. The smallest absolute Gasteiger partial charge is 0.204 e.